The SMILES string of the molecule is N#CC1=C2SCN(Cc3ccccc3)CN2C(=O)C[C@@H]1c1cccc2ccccc12. The monoisotopic (exact) mass is 411 g/mol. The first-order valence-corrected chi connectivity index (χ1v) is 11.0. The van der Waals surface area contributed by atoms with Crippen molar-refractivity contribution in [2.75, 3.05) is 12.5 Å². The highest BCUT2D eigenvalue weighted by atomic mass is 32.2. The summed E-state index contributed by atoms with van der Waals surface area (Å²) >= 11 is 1.60. The lowest BCUT2D eigenvalue weighted by atomic mass is 9.84. The molecule has 0 N–H and O–H groups in total. The summed E-state index contributed by atoms with van der Waals surface area (Å²) in [5.74, 6) is 0.668. The number of allylic oxidation sites excluding steroid dienone is 1. The minimum atomic E-state index is -0.187. The molecule has 0 bridgehead atoms. The standard InChI is InChI=1S/C25H21N3OS/c26-14-23-22(21-12-6-10-19-9-4-5-11-20(19)21)13-24(29)28-16-27(17-30-25(23)28)15-18-7-2-1-3-8-18/h1-12,22H,13,15-17H2/t22-/m1/s1. The van der Waals surface area contributed by atoms with Crippen molar-refractivity contribution in [3.63, 3.8) is 0 Å². The second-order valence-corrected chi connectivity index (χ2v) is 8.64. The van der Waals surface area contributed by atoms with Gasteiger partial charge in [-0.3, -0.25) is 14.6 Å². The van der Waals surface area contributed by atoms with Gasteiger partial charge in [0.05, 0.1) is 29.2 Å². The van der Waals surface area contributed by atoms with Crippen LogP contribution in [0.3, 0.4) is 0 Å². The Bertz CT molecular complexity index is 1180. The van der Waals surface area contributed by atoms with Gasteiger partial charge < -0.3 is 0 Å². The van der Waals surface area contributed by atoms with Crippen LogP contribution >= 0.6 is 11.8 Å². The Labute approximate surface area is 180 Å². The third-order valence-electron chi connectivity index (χ3n) is 5.80. The molecule has 1 amide bonds. The highest BCUT2D eigenvalue weighted by molar-refractivity contribution is 8.03. The van der Waals surface area contributed by atoms with Gasteiger partial charge in [0, 0.05) is 18.9 Å². The van der Waals surface area contributed by atoms with Crippen molar-refractivity contribution in [1.29, 1.82) is 5.26 Å². The molecule has 0 radical (unpaired) electrons. The third-order valence-corrected chi connectivity index (χ3v) is 7.01. The van der Waals surface area contributed by atoms with Crippen molar-refractivity contribution < 1.29 is 4.79 Å². The summed E-state index contributed by atoms with van der Waals surface area (Å²) < 4.78 is 0. The molecular formula is C25H21N3OS. The Kier molecular flexibility index (Phi) is 5.04. The minimum Gasteiger partial charge on any atom is -0.292 e. The van der Waals surface area contributed by atoms with Crippen LogP contribution in [-0.2, 0) is 11.3 Å². The summed E-state index contributed by atoms with van der Waals surface area (Å²) in [6, 6.07) is 27.1. The van der Waals surface area contributed by atoms with E-state index in [0.717, 1.165) is 39.4 Å². The Morgan fingerprint density at radius 3 is 2.60 bits per heavy atom. The number of hydrogen-bond acceptors (Lipinski definition) is 4. The zero-order chi connectivity index (χ0) is 20.5. The van der Waals surface area contributed by atoms with Gasteiger partial charge in [0.1, 0.15) is 0 Å². The summed E-state index contributed by atoms with van der Waals surface area (Å²) in [6.45, 7) is 1.32. The predicted octanol–water partition coefficient (Wildman–Crippen LogP) is 5.05. The van der Waals surface area contributed by atoms with E-state index in [-0.39, 0.29) is 11.8 Å². The largest absolute Gasteiger partial charge is 0.292 e. The van der Waals surface area contributed by atoms with Crippen LogP contribution < -0.4 is 0 Å². The van der Waals surface area contributed by atoms with E-state index in [1.807, 2.05) is 36.4 Å². The van der Waals surface area contributed by atoms with E-state index in [2.05, 4.69) is 47.4 Å². The van der Waals surface area contributed by atoms with Gasteiger partial charge in [-0.25, -0.2) is 0 Å². The molecule has 1 fully saturated rings. The van der Waals surface area contributed by atoms with Crippen molar-refractivity contribution >= 4 is 28.4 Å². The van der Waals surface area contributed by atoms with Crippen LogP contribution in [-0.4, -0.2) is 28.3 Å². The van der Waals surface area contributed by atoms with Gasteiger partial charge in [-0.15, -0.1) is 0 Å². The molecule has 3 aromatic rings. The molecule has 0 unspecified atom stereocenters. The first-order chi connectivity index (χ1) is 14.7. The molecule has 0 spiro atoms. The van der Waals surface area contributed by atoms with E-state index >= 15 is 0 Å². The molecule has 4 nitrogen and oxygen atoms in total. The molecule has 2 heterocycles. The average Bonchev–Trinajstić information content (AvgIpc) is 2.79. The minimum absolute atomic E-state index is 0.0900. The fourth-order valence-corrected chi connectivity index (χ4v) is 5.51. The van der Waals surface area contributed by atoms with Gasteiger partial charge >= 0.3 is 0 Å². The van der Waals surface area contributed by atoms with E-state index < -0.39 is 0 Å². The molecule has 2 aliphatic rings. The van der Waals surface area contributed by atoms with Crippen molar-refractivity contribution in [2.45, 2.75) is 18.9 Å². The maximum Gasteiger partial charge on any atom is 0.229 e. The molecular weight excluding hydrogens is 390 g/mol. The number of rotatable bonds is 3. The van der Waals surface area contributed by atoms with E-state index in [4.69, 9.17) is 0 Å². The van der Waals surface area contributed by atoms with Crippen molar-refractivity contribution in [3.8, 4) is 6.07 Å². The second-order valence-electron chi connectivity index (χ2n) is 7.71. The fourth-order valence-electron chi connectivity index (χ4n) is 4.37. The number of carbonyl (C=O) groups is 1. The molecule has 3 aromatic carbocycles. The normalized spacial score (nSPS) is 19.6. The quantitative estimate of drug-likeness (QED) is 0.605. The Morgan fingerprint density at radius 1 is 1.00 bits per heavy atom. The molecule has 0 aliphatic carbocycles. The van der Waals surface area contributed by atoms with Crippen LogP contribution in [0.25, 0.3) is 10.8 Å². The molecule has 1 saturated heterocycles. The van der Waals surface area contributed by atoms with Crippen LogP contribution in [0.5, 0.6) is 0 Å². The number of fused-ring (bicyclic) bond motifs is 2. The van der Waals surface area contributed by atoms with E-state index in [1.165, 1.54) is 5.56 Å². The molecule has 2 aliphatic heterocycles. The first kappa shape index (κ1) is 18.9. The molecule has 0 aromatic heterocycles. The van der Waals surface area contributed by atoms with Gasteiger partial charge in [-0.05, 0) is 21.9 Å². The lowest BCUT2D eigenvalue weighted by molar-refractivity contribution is -0.131. The highest BCUT2D eigenvalue weighted by Crippen LogP contribution is 2.44. The van der Waals surface area contributed by atoms with Gasteiger partial charge in [0.25, 0.3) is 0 Å². The molecule has 0 saturated carbocycles. The second kappa shape index (κ2) is 7.98. The average molecular weight is 412 g/mol. The molecule has 5 rings (SSSR count). The summed E-state index contributed by atoms with van der Waals surface area (Å²) in [6.07, 6.45) is 0.333. The van der Waals surface area contributed by atoms with E-state index in [0.29, 0.717) is 13.1 Å². The van der Waals surface area contributed by atoms with Gasteiger partial charge in [0.15, 0.2) is 0 Å². The number of amides is 1. The topological polar surface area (TPSA) is 47.3 Å². The van der Waals surface area contributed by atoms with Gasteiger partial charge in [0.2, 0.25) is 5.91 Å². The Hall–Kier alpha value is -3.07. The van der Waals surface area contributed by atoms with E-state index in [1.54, 1.807) is 16.7 Å². The van der Waals surface area contributed by atoms with Crippen LogP contribution in [0.15, 0.2) is 83.4 Å². The summed E-state index contributed by atoms with van der Waals surface area (Å²) in [7, 11) is 0. The Morgan fingerprint density at radius 2 is 1.77 bits per heavy atom. The predicted molar refractivity (Wildman–Crippen MR) is 120 cm³/mol. The smallest absolute Gasteiger partial charge is 0.229 e. The van der Waals surface area contributed by atoms with Crippen LogP contribution in [0.1, 0.15) is 23.5 Å². The van der Waals surface area contributed by atoms with Crippen molar-refractivity contribution in [1.82, 2.24) is 9.80 Å². The zero-order valence-corrected chi connectivity index (χ0v) is 17.3. The molecule has 30 heavy (non-hydrogen) atoms. The fraction of sp³-hybridized carbons (Fsp3) is 0.200. The van der Waals surface area contributed by atoms with Gasteiger partial charge in [-0.2, -0.15) is 5.26 Å². The number of nitrogens with zero attached hydrogens (tertiary/aromatic N) is 3. The first-order valence-electron chi connectivity index (χ1n) is 10.1. The molecule has 5 heteroatoms. The van der Waals surface area contributed by atoms with E-state index in [9.17, 15) is 10.1 Å². The van der Waals surface area contributed by atoms with Crippen molar-refractivity contribution in [3.05, 3.63) is 94.5 Å². The third kappa shape index (κ3) is 3.39. The number of carbonyl (C=O) groups excluding carboxylic acids is 1. The number of benzene rings is 3. The molecule has 1 atom stereocenters. The number of hydrogen-bond donors (Lipinski definition) is 0. The van der Waals surface area contributed by atoms with Gasteiger partial charge in [-0.1, -0.05) is 84.6 Å². The van der Waals surface area contributed by atoms with Crippen molar-refractivity contribution in [2.24, 2.45) is 0 Å². The number of nitriles is 1. The molecule has 148 valence electrons. The lowest BCUT2D eigenvalue weighted by Gasteiger charge is -2.41. The van der Waals surface area contributed by atoms with Crippen LogP contribution in [0, 0.1) is 11.3 Å². The Balaban J connectivity index is 1.48. The van der Waals surface area contributed by atoms with Crippen LogP contribution in [0.4, 0.5) is 0 Å². The van der Waals surface area contributed by atoms with Crippen LogP contribution in [0.2, 0.25) is 0 Å². The maximum atomic E-state index is 13.2. The number of thioether (sulfide) groups is 1. The summed E-state index contributed by atoms with van der Waals surface area (Å²) in [4.78, 5) is 17.2. The lowest BCUT2D eigenvalue weighted by Crippen LogP contribution is -2.46. The zero-order valence-electron chi connectivity index (χ0n) is 16.5. The maximum absolute atomic E-state index is 13.2. The summed E-state index contributed by atoms with van der Waals surface area (Å²) in [5.41, 5.74) is 3.01. The highest BCUT2D eigenvalue weighted by Gasteiger charge is 2.38. The summed E-state index contributed by atoms with van der Waals surface area (Å²) in [5, 5.41) is 13.1.